The van der Waals surface area contributed by atoms with E-state index in [1.54, 1.807) is 0 Å². The van der Waals surface area contributed by atoms with E-state index in [-0.39, 0.29) is 11.1 Å². The van der Waals surface area contributed by atoms with Gasteiger partial charge < -0.3 is 5.32 Å². The lowest BCUT2D eigenvalue weighted by molar-refractivity contribution is -0.137. The summed E-state index contributed by atoms with van der Waals surface area (Å²) < 4.78 is 37.5. The monoisotopic (exact) mass is 294 g/mol. The van der Waals surface area contributed by atoms with Gasteiger partial charge in [0.05, 0.1) is 16.3 Å². The van der Waals surface area contributed by atoms with Crippen molar-refractivity contribution in [2.75, 3.05) is 6.54 Å². The molecule has 1 heterocycles. The van der Waals surface area contributed by atoms with E-state index >= 15 is 0 Å². The fourth-order valence-corrected chi connectivity index (χ4v) is 2.03. The third-order valence-corrected chi connectivity index (χ3v) is 3.26. The van der Waals surface area contributed by atoms with Gasteiger partial charge in [-0.05, 0) is 18.5 Å². The molecule has 0 fully saturated rings. The van der Waals surface area contributed by atoms with Gasteiger partial charge in [0.15, 0.2) is 0 Å². The van der Waals surface area contributed by atoms with Crippen molar-refractivity contribution < 1.29 is 13.2 Å². The summed E-state index contributed by atoms with van der Waals surface area (Å²) in [6.45, 7) is 6.87. The van der Waals surface area contributed by atoms with Gasteiger partial charge in [-0.3, -0.25) is 4.98 Å². The van der Waals surface area contributed by atoms with Gasteiger partial charge in [0.1, 0.15) is 0 Å². The van der Waals surface area contributed by atoms with Crippen LogP contribution in [0, 0.1) is 5.92 Å². The Morgan fingerprint density at radius 3 is 2.42 bits per heavy atom. The largest absolute Gasteiger partial charge is 0.417 e. The number of halogens is 4. The van der Waals surface area contributed by atoms with Crippen LogP contribution < -0.4 is 5.32 Å². The maximum absolute atomic E-state index is 12.5. The molecule has 0 amide bonds. The highest BCUT2D eigenvalue weighted by Crippen LogP contribution is 2.31. The average Bonchev–Trinajstić information content (AvgIpc) is 2.29. The average molecular weight is 295 g/mol. The van der Waals surface area contributed by atoms with Crippen LogP contribution in [0.4, 0.5) is 13.2 Å². The Morgan fingerprint density at radius 1 is 1.37 bits per heavy atom. The number of aromatic nitrogens is 1. The predicted molar refractivity (Wildman–Crippen MR) is 70.3 cm³/mol. The second-order valence-electron chi connectivity index (χ2n) is 4.76. The molecule has 19 heavy (non-hydrogen) atoms. The SMILES string of the molecule is CCNC(Cc1ncc(C(F)(F)F)cc1Cl)C(C)C. The summed E-state index contributed by atoms with van der Waals surface area (Å²) in [7, 11) is 0. The number of nitrogens with zero attached hydrogens (tertiary/aromatic N) is 1. The van der Waals surface area contributed by atoms with Gasteiger partial charge in [-0.25, -0.2) is 0 Å². The van der Waals surface area contributed by atoms with Crippen LogP contribution in [-0.2, 0) is 12.6 Å². The third kappa shape index (κ3) is 4.66. The molecule has 0 aliphatic heterocycles. The summed E-state index contributed by atoms with van der Waals surface area (Å²) in [6.07, 6.45) is -3.05. The topological polar surface area (TPSA) is 24.9 Å². The molecule has 1 atom stereocenters. The van der Waals surface area contributed by atoms with Crippen LogP contribution in [0.1, 0.15) is 32.0 Å². The van der Waals surface area contributed by atoms with E-state index in [1.165, 1.54) is 0 Å². The zero-order valence-corrected chi connectivity index (χ0v) is 11.9. The molecule has 1 unspecified atom stereocenters. The molecule has 0 saturated carbocycles. The van der Waals surface area contributed by atoms with E-state index < -0.39 is 11.7 Å². The molecule has 108 valence electrons. The Bertz CT molecular complexity index is 419. The van der Waals surface area contributed by atoms with E-state index in [0.29, 0.717) is 18.0 Å². The van der Waals surface area contributed by atoms with E-state index in [2.05, 4.69) is 10.3 Å². The second-order valence-corrected chi connectivity index (χ2v) is 5.17. The van der Waals surface area contributed by atoms with Gasteiger partial charge in [-0.2, -0.15) is 13.2 Å². The standard InChI is InChI=1S/C13H18ClF3N2/c1-4-18-11(8(2)3)6-12-10(14)5-9(7-19-12)13(15,16)17/h5,7-8,11,18H,4,6H2,1-3H3. The van der Waals surface area contributed by atoms with Crippen molar-refractivity contribution in [3.63, 3.8) is 0 Å². The van der Waals surface area contributed by atoms with Crippen LogP contribution in [0.15, 0.2) is 12.3 Å². The molecule has 0 aliphatic rings. The molecular formula is C13H18ClF3N2. The molecule has 1 aromatic heterocycles. The Labute approximate surface area is 116 Å². The van der Waals surface area contributed by atoms with E-state index in [0.717, 1.165) is 18.8 Å². The molecule has 6 heteroatoms. The summed E-state index contributed by atoms with van der Waals surface area (Å²) in [4.78, 5) is 3.86. The van der Waals surface area contributed by atoms with Crippen LogP contribution in [0.3, 0.4) is 0 Å². The van der Waals surface area contributed by atoms with Gasteiger partial charge in [0.2, 0.25) is 0 Å². The minimum atomic E-state index is -4.41. The predicted octanol–water partition coefficient (Wildman–Crippen LogP) is 3.93. The lowest BCUT2D eigenvalue weighted by Crippen LogP contribution is -2.36. The zero-order chi connectivity index (χ0) is 14.6. The first-order valence-electron chi connectivity index (χ1n) is 6.20. The molecule has 0 aliphatic carbocycles. The van der Waals surface area contributed by atoms with Crippen molar-refractivity contribution in [2.24, 2.45) is 5.92 Å². The van der Waals surface area contributed by atoms with Crippen LogP contribution in [0.2, 0.25) is 5.02 Å². The van der Waals surface area contributed by atoms with Crippen LogP contribution in [0.5, 0.6) is 0 Å². The molecule has 0 saturated heterocycles. The Balaban J connectivity index is 2.90. The highest BCUT2D eigenvalue weighted by Gasteiger charge is 2.31. The second kappa shape index (κ2) is 6.57. The van der Waals surface area contributed by atoms with Crippen molar-refractivity contribution >= 4 is 11.6 Å². The van der Waals surface area contributed by atoms with Crippen LogP contribution in [0.25, 0.3) is 0 Å². The first-order valence-corrected chi connectivity index (χ1v) is 6.58. The van der Waals surface area contributed by atoms with Crippen molar-refractivity contribution in [1.82, 2.24) is 10.3 Å². The summed E-state index contributed by atoms with van der Waals surface area (Å²) in [6, 6.07) is 1.08. The normalized spacial score (nSPS) is 13.9. The molecule has 2 nitrogen and oxygen atoms in total. The summed E-state index contributed by atoms with van der Waals surface area (Å²) in [5, 5.41) is 3.35. The molecule has 0 radical (unpaired) electrons. The third-order valence-electron chi connectivity index (χ3n) is 2.93. The number of pyridine rings is 1. The van der Waals surface area contributed by atoms with E-state index in [4.69, 9.17) is 11.6 Å². The Kier molecular flexibility index (Phi) is 5.62. The highest BCUT2D eigenvalue weighted by molar-refractivity contribution is 6.31. The molecule has 1 rings (SSSR count). The van der Waals surface area contributed by atoms with E-state index in [9.17, 15) is 13.2 Å². The number of hydrogen-bond acceptors (Lipinski definition) is 2. The molecular weight excluding hydrogens is 277 g/mol. The van der Waals surface area contributed by atoms with Gasteiger partial charge in [0.25, 0.3) is 0 Å². The minimum Gasteiger partial charge on any atom is -0.314 e. The Morgan fingerprint density at radius 2 is 2.00 bits per heavy atom. The lowest BCUT2D eigenvalue weighted by Gasteiger charge is -2.22. The molecule has 0 spiro atoms. The summed E-state index contributed by atoms with van der Waals surface area (Å²) in [5.41, 5.74) is -0.319. The fourth-order valence-electron chi connectivity index (χ4n) is 1.79. The quantitative estimate of drug-likeness (QED) is 0.890. The zero-order valence-electron chi connectivity index (χ0n) is 11.2. The maximum Gasteiger partial charge on any atom is 0.417 e. The smallest absolute Gasteiger partial charge is 0.314 e. The number of hydrogen-bond donors (Lipinski definition) is 1. The van der Waals surface area contributed by atoms with Crippen molar-refractivity contribution in [3.05, 3.63) is 28.5 Å². The number of rotatable bonds is 5. The van der Waals surface area contributed by atoms with Gasteiger partial charge in [-0.1, -0.05) is 32.4 Å². The first-order chi connectivity index (χ1) is 8.75. The van der Waals surface area contributed by atoms with Gasteiger partial charge in [0, 0.05) is 18.7 Å². The van der Waals surface area contributed by atoms with E-state index in [1.807, 2.05) is 20.8 Å². The lowest BCUT2D eigenvalue weighted by atomic mass is 9.98. The van der Waals surface area contributed by atoms with Crippen LogP contribution in [-0.4, -0.2) is 17.6 Å². The summed E-state index contributed by atoms with van der Waals surface area (Å²) in [5.74, 6) is 0.347. The van der Waals surface area contributed by atoms with Crippen molar-refractivity contribution in [1.29, 1.82) is 0 Å². The Hall–Kier alpha value is -0.810. The first kappa shape index (κ1) is 16.2. The molecule has 0 bridgehead atoms. The van der Waals surface area contributed by atoms with Crippen molar-refractivity contribution in [2.45, 2.75) is 39.4 Å². The number of likely N-dealkylation sites (N-methyl/N-ethyl adjacent to an activating group) is 1. The van der Waals surface area contributed by atoms with Crippen molar-refractivity contribution in [3.8, 4) is 0 Å². The van der Waals surface area contributed by atoms with Gasteiger partial charge >= 0.3 is 6.18 Å². The molecule has 1 N–H and O–H groups in total. The van der Waals surface area contributed by atoms with Crippen LogP contribution >= 0.6 is 11.6 Å². The highest BCUT2D eigenvalue weighted by atomic mass is 35.5. The van der Waals surface area contributed by atoms with Gasteiger partial charge in [-0.15, -0.1) is 0 Å². The maximum atomic E-state index is 12.5. The molecule has 0 aromatic carbocycles. The number of nitrogens with one attached hydrogen (secondary N) is 1. The minimum absolute atomic E-state index is 0.0679. The fraction of sp³-hybridized carbons (Fsp3) is 0.615. The molecule has 1 aromatic rings. The number of alkyl halides is 3. The summed E-state index contributed by atoms with van der Waals surface area (Å²) >= 11 is 5.89.